The first kappa shape index (κ1) is 13.5. The van der Waals surface area contributed by atoms with E-state index in [2.05, 4.69) is 5.32 Å². The number of nitro groups is 1. The Bertz CT molecular complexity index is 595. The largest absolute Gasteiger partial charge is 0.468 e. The lowest BCUT2D eigenvalue weighted by Gasteiger charge is -2.08. The Hall–Kier alpha value is -1.95. The number of rotatable bonds is 5. The number of benzene rings is 1. The fourth-order valence-electron chi connectivity index (χ4n) is 1.74. The molecule has 1 aromatic carbocycles. The molecule has 0 saturated carbocycles. The summed E-state index contributed by atoms with van der Waals surface area (Å²) >= 11 is 1.60. The third-order valence-electron chi connectivity index (χ3n) is 2.76. The molecule has 0 aliphatic heterocycles. The van der Waals surface area contributed by atoms with Gasteiger partial charge in [-0.15, -0.1) is 11.8 Å². The Balaban J connectivity index is 2.20. The predicted molar refractivity (Wildman–Crippen MR) is 75.6 cm³/mol. The van der Waals surface area contributed by atoms with Gasteiger partial charge in [-0.1, -0.05) is 0 Å². The zero-order chi connectivity index (χ0) is 13.8. The van der Waals surface area contributed by atoms with E-state index in [4.69, 9.17) is 4.42 Å². The molecule has 0 fully saturated rings. The van der Waals surface area contributed by atoms with E-state index in [1.54, 1.807) is 37.2 Å². The van der Waals surface area contributed by atoms with Crippen molar-refractivity contribution in [3.05, 3.63) is 52.0 Å². The molecule has 0 amide bonds. The van der Waals surface area contributed by atoms with Crippen LogP contribution in [-0.2, 0) is 5.75 Å². The maximum Gasteiger partial charge on any atom is 0.269 e. The highest BCUT2D eigenvalue weighted by molar-refractivity contribution is 7.98. The Morgan fingerprint density at radius 1 is 1.42 bits per heavy atom. The minimum Gasteiger partial charge on any atom is -0.468 e. The van der Waals surface area contributed by atoms with Gasteiger partial charge in [0, 0.05) is 35.5 Å². The number of furan rings is 1. The molecule has 1 N–H and O–H groups in total. The normalized spacial score (nSPS) is 10.4. The lowest BCUT2D eigenvalue weighted by atomic mass is 10.2. The van der Waals surface area contributed by atoms with E-state index in [1.807, 2.05) is 13.0 Å². The quantitative estimate of drug-likeness (QED) is 0.511. The highest BCUT2D eigenvalue weighted by atomic mass is 32.2. The van der Waals surface area contributed by atoms with Crippen LogP contribution in [0.5, 0.6) is 0 Å². The van der Waals surface area contributed by atoms with Crippen LogP contribution in [0.3, 0.4) is 0 Å². The molecule has 1 aromatic heterocycles. The lowest BCUT2D eigenvalue weighted by Crippen LogP contribution is -1.96. The molecule has 6 heteroatoms. The molecular weight excluding hydrogens is 264 g/mol. The van der Waals surface area contributed by atoms with Crippen molar-refractivity contribution in [1.82, 2.24) is 0 Å². The molecule has 5 nitrogen and oxygen atoms in total. The van der Waals surface area contributed by atoms with Crippen LogP contribution < -0.4 is 5.32 Å². The van der Waals surface area contributed by atoms with Crippen LogP contribution in [-0.4, -0.2) is 12.0 Å². The number of thioether (sulfide) groups is 1. The number of hydrogen-bond donors (Lipinski definition) is 1. The fraction of sp³-hybridized carbons (Fsp3) is 0.231. The zero-order valence-corrected chi connectivity index (χ0v) is 11.5. The van der Waals surface area contributed by atoms with Crippen LogP contribution in [0.4, 0.5) is 11.4 Å². The van der Waals surface area contributed by atoms with E-state index in [9.17, 15) is 10.1 Å². The van der Waals surface area contributed by atoms with Gasteiger partial charge in [-0.2, -0.15) is 0 Å². The van der Waals surface area contributed by atoms with E-state index < -0.39 is 0 Å². The molecule has 100 valence electrons. The maximum absolute atomic E-state index is 10.8. The first-order valence-corrected chi connectivity index (χ1v) is 6.72. The smallest absolute Gasteiger partial charge is 0.269 e. The van der Waals surface area contributed by atoms with Crippen molar-refractivity contribution in [3.63, 3.8) is 0 Å². The highest BCUT2D eigenvalue weighted by Crippen LogP contribution is 2.31. The second-order valence-electron chi connectivity index (χ2n) is 3.98. The zero-order valence-electron chi connectivity index (χ0n) is 10.7. The second-order valence-corrected chi connectivity index (χ2v) is 5.00. The third kappa shape index (κ3) is 3.08. The van der Waals surface area contributed by atoms with Crippen LogP contribution >= 0.6 is 11.8 Å². The van der Waals surface area contributed by atoms with E-state index >= 15 is 0 Å². The van der Waals surface area contributed by atoms with Gasteiger partial charge in [-0.3, -0.25) is 10.1 Å². The number of nitrogens with one attached hydrogen (secondary N) is 1. The lowest BCUT2D eigenvalue weighted by molar-refractivity contribution is -0.384. The average Bonchev–Trinajstić information content (AvgIpc) is 2.81. The van der Waals surface area contributed by atoms with Gasteiger partial charge in [-0.25, -0.2) is 0 Å². The summed E-state index contributed by atoms with van der Waals surface area (Å²) < 4.78 is 5.23. The van der Waals surface area contributed by atoms with Gasteiger partial charge < -0.3 is 9.73 Å². The minimum absolute atomic E-state index is 0.110. The summed E-state index contributed by atoms with van der Waals surface area (Å²) in [6.45, 7) is 1.90. The Labute approximate surface area is 115 Å². The number of nitrogens with zero attached hydrogens (tertiary/aromatic N) is 1. The van der Waals surface area contributed by atoms with Crippen LogP contribution in [0.1, 0.15) is 11.3 Å². The van der Waals surface area contributed by atoms with E-state index in [1.165, 1.54) is 6.07 Å². The number of aryl methyl sites for hydroxylation is 1. The SMILES string of the molecule is CNc1ccc([N+](=O)[O-])cc1CSc1ccoc1C. The van der Waals surface area contributed by atoms with Crippen molar-refractivity contribution in [1.29, 1.82) is 0 Å². The Morgan fingerprint density at radius 3 is 2.79 bits per heavy atom. The topological polar surface area (TPSA) is 68.3 Å². The van der Waals surface area contributed by atoms with Crippen molar-refractivity contribution in [2.24, 2.45) is 0 Å². The van der Waals surface area contributed by atoms with Gasteiger partial charge >= 0.3 is 0 Å². The minimum atomic E-state index is -0.378. The first-order valence-electron chi connectivity index (χ1n) is 5.73. The molecule has 0 radical (unpaired) electrons. The van der Waals surface area contributed by atoms with Gasteiger partial charge in [0.15, 0.2) is 0 Å². The number of nitro benzene ring substituents is 1. The molecule has 0 saturated heterocycles. The summed E-state index contributed by atoms with van der Waals surface area (Å²) in [6, 6.07) is 6.74. The first-order chi connectivity index (χ1) is 9.11. The molecular formula is C13H14N2O3S. The summed E-state index contributed by atoms with van der Waals surface area (Å²) in [5.41, 5.74) is 1.92. The molecule has 19 heavy (non-hydrogen) atoms. The second kappa shape index (κ2) is 5.79. The monoisotopic (exact) mass is 278 g/mol. The van der Waals surface area contributed by atoms with Crippen LogP contribution in [0, 0.1) is 17.0 Å². The molecule has 2 aromatic rings. The van der Waals surface area contributed by atoms with Crippen LogP contribution in [0.25, 0.3) is 0 Å². The molecule has 0 unspecified atom stereocenters. The van der Waals surface area contributed by atoms with Crippen molar-refractivity contribution in [3.8, 4) is 0 Å². The average molecular weight is 278 g/mol. The molecule has 0 bridgehead atoms. The highest BCUT2D eigenvalue weighted by Gasteiger charge is 2.11. The molecule has 0 aliphatic rings. The van der Waals surface area contributed by atoms with E-state index in [0.29, 0.717) is 5.75 Å². The number of non-ortho nitro benzene ring substituents is 1. The van der Waals surface area contributed by atoms with Crippen molar-refractivity contribution >= 4 is 23.1 Å². The Morgan fingerprint density at radius 2 is 2.21 bits per heavy atom. The number of anilines is 1. The molecule has 2 rings (SSSR count). The Kier molecular flexibility index (Phi) is 4.11. The van der Waals surface area contributed by atoms with E-state index in [-0.39, 0.29) is 10.6 Å². The van der Waals surface area contributed by atoms with Gasteiger partial charge in [0.05, 0.1) is 11.2 Å². The van der Waals surface area contributed by atoms with Gasteiger partial charge in [0.2, 0.25) is 0 Å². The third-order valence-corrected chi connectivity index (χ3v) is 3.95. The van der Waals surface area contributed by atoms with Crippen LogP contribution in [0.15, 0.2) is 39.8 Å². The van der Waals surface area contributed by atoms with Crippen LogP contribution in [0.2, 0.25) is 0 Å². The van der Waals surface area contributed by atoms with Crippen molar-refractivity contribution in [2.75, 3.05) is 12.4 Å². The van der Waals surface area contributed by atoms with E-state index in [0.717, 1.165) is 21.9 Å². The summed E-state index contributed by atoms with van der Waals surface area (Å²) in [5.74, 6) is 1.51. The van der Waals surface area contributed by atoms with Crippen molar-refractivity contribution < 1.29 is 9.34 Å². The fourth-order valence-corrected chi connectivity index (χ4v) is 2.69. The standard InChI is InChI=1S/C13H14N2O3S/c1-9-13(5-6-18-9)19-8-10-7-11(15(16)17)3-4-12(10)14-2/h3-7,14H,8H2,1-2H3. The maximum atomic E-state index is 10.8. The number of hydrogen-bond acceptors (Lipinski definition) is 5. The summed E-state index contributed by atoms with van der Waals surface area (Å²) in [6.07, 6.45) is 1.64. The van der Waals surface area contributed by atoms with Gasteiger partial charge in [0.25, 0.3) is 5.69 Å². The van der Waals surface area contributed by atoms with Gasteiger partial charge in [-0.05, 0) is 24.6 Å². The molecule has 0 aliphatic carbocycles. The molecule has 1 heterocycles. The molecule has 0 atom stereocenters. The summed E-state index contributed by atoms with van der Waals surface area (Å²) in [7, 11) is 1.80. The summed E-state index contributed by atoms with van der Waals surface area (Å²) in [4.78, 5) is 11.5. The molecule has 0 spiro atoms. The predicted octanol–water partition coefficient (Wildman–Crippen LogP) is 3.83. The van der Waals surface area contributed by atoms with Gasteiger partial charge in [0.1, 0.15) is 5.76 Å². The summed E-state index contributed by atoms with van der Waals surface area (Å²) in [5, 5.41) is 13.9. The van der Waals surface area contributed by atoms with Crippen molar-refractivity contribution in [2.45, 2.75) is 17.6 Å².